The molecule has 0 saturated heterocycles. The summed E-state index contributed by atoms with van der Waals surface area (Å²) in [5, 5.41) is 7.48. The molecule has 0 unspecified atom stereocenters. The molecule has 0 atom stereocenters. The Kier molecular flexibility index (Phi) is 2.05. The monoisotopic (exact) mass is 195 g/mol. The lowest BCUT2D eigenvalue weighted by Gasteiger charge is -2.02. The van der Waals surface area contributed by atoms with Crippen LogP contribution in [0.1, 0.15) is 0 Å². The maximum absolute atomic E-state index is 13.5. The van der Waals surface area contributed by atoms with E-state index in [1.807, 2.05) is 0 Å². The van der Waals surface area contributed by atoms with E-state index in [1.54, 1.807) is 0 Å². The van der Waals surface area contributed by atoms with Crippen molar-refractivity contribution < 1.29 is 9.13 Å². The van der Waals surface area contributed by atoms with Gasteiger partial charge in [0.15, 0.2) is 0 Å². The molecule has 0 fully saturated rings. The second-order valence-electron chi connectivity index (χ2n) is 2.34. The quantitative estimate of drug-likeness (QED) is 0.685. The summed E-state index contributed by atoms with van der Waals surface area (Å²) in [6.07, 6.45) is 4.03. The van der Waals surface area contributed by atoms with Gasteiger partial charge in [-0.1, -0.05) is 0 Å². The Morgan fingerprint density at radius 1 is 1.29 bits per heavy atom. The van der Waals surface area contributed by atoms with E-state index in [0.717, 1.165) is 4.80 Å². The minimum atomic E-state index is -0.689. The van der Waals surface area contributed by atoms with Crippen LogP contribution in [-0.4, -0.2) is 32.1 Å². The van der Waals surface area contributed by atoms with Crippen molar-refractivity contribution in [3.63, 3.8) is 0 Å². The molecule has 0 aromatic carbocycles. The molecule has 2 aromatic heterocycles. The average molecular weight is 195 g/mol. The summed E-state index contributed by atoms with van der Waals surface area (Å²) < 4.78 is 18.2. The van der Waals surface area contributed by atoms with Crippen molar-refractivity contribution in [2.45, 2.75) is 0 Å². The number of halogens is 1. The van der Waals surface area contributed by atoms with E-state index < -0.39 is 5.82 Å². The Bertz CT molecular complexity index is 430. The van der Waals surface area contributed by atoms with Crippen LogP contribution in [0, 0.1) is 5.82 Å². The first-order chi connectivity index (χ1) is 6.83. The van der Waals surface area contributed by atoms with Crippen molar-refractivity contribution in [2.75, 3.05) is 7.11 Å². The molecule has 7 heteroatoms. The van der Waals surface area contributed by atoms with Crippen molar-refractivity contribution in [3.8, 4) is 11.7 Å². The smallest absolute Gasteiger partial charge is 0.255 e. The molecule has 0 amide bonds. The summed E-state index contributed by atoms with van der Waals surface area (Å²) in [5.41, 5.74) is 0. The lowest BCUT2D eigenvalue weighted by molar-refractivity contribution is 0.364. The van der Waals surface area contributed by atoms with Crippen LogP contribution in [0.5, 0.6) is 5.88 Å². The van der Waals surface area contributed by atoms with Gasteiger partial charge in [-0.25, -0.2) is 4.98 Å². The van der Waals surface area contributed by atoms with E-state index in [-0.39, 0.29) is 11.7 Å². The Labute approximate surface area is 78.4 Å². The van der Waals surface area contributed by atoms with Crippen molar-refractivity contribution in [1.29, 1.82) is 0 Å². The molecule has 14 heavy (non-hydrogen) atoms. The molecule has 72 valence electrons. The average Bonchev–Trinajstić information content (AvgIpc) is 2.71. The molecular formula is C7H6FN5O. The standard InChI is InChI=1S/C7H6FN5O/c1-14-7-5(8)6(9-4-10-7)13-11-2-3-12-13/h2-4H,1H3. The van der Waals surface area contributed by atoms with Crippen LogP contribution in [0.3, 0.4) is 0 Å². The number of hydrogen-bond acceptors (Lipinski definition) is 5. The van der Waals surface area contributed by atoms with E-state index in [4.69, 9.17) is 0 Å². The van der Waals surface area contributed by atoms with Crippen molar-refractivity contribution in [3.05, 3.63) is 24.5 Å². The van der Waals surface area contributed by atoms with Crippen LogP contribution >= 0.6 is 0 Å². The second kappa shape index (κ2) is 3.36. The third-order valence-corrected chi connectivity index (χ3v) is 1.54. The predicted molar refractivity (Wildman–Crippen MR) is 43.5 cm³/mol. The predicted octanol–water partition coefficient (Wildman–Crippen LogP) is 0.205. The number of rotatable bonds is 2. The highest BCUT2D eigenvalue weighted by Gasteiger charge is 2.13. The first kappa shape index (κ1) is 8.54. The van der Waals surface area contributed by atoms with Gasteiger partial charge in [0, 0.05) is 0 Å². The zero-order valence-electron chi connectivity index (χ0n) is 7.25. The van der Waals surface area contributed by atoms with Gasteiger partial charge in [0.25, 0.3) is 5.88 Å². The van der Waals surface area contributed by atoms with Gasteiger partial charge < -0.3 is 4.74 Å². The molecule has 0 spiro atoms. The first-order valence-corrected chi connectivity index (χ1v) is 3.74. The Balaban J connectivity index is 2.54. The molecule has 0 bridgehead atoms. The van der Waals surface area contributed by atoms with E-state index in [1.165, 1.54) is 25.8 Å². The fourth-order valence-electron chi connectivity index (χ4n) is 0.952. The number of ether oxygens (including phenoxy) is 1. The molecule has 0 aliphatic heterocycles. The normalized spacial score (nSPS) is 10.1. The zero-order chi connectivity index (χ0) is 9.97. The van der Waals surface area contributed by atoms with Crippen molar-refractivity contribution >= 4 is 0 Å². The third-order valence-electron chi connectivity index (χ3n) is 1.54. The second-order valence-corrected chi connectivity index (χ2v) is 2.34. The molecule has 0 aliphatic carbocycles. The van der Waals surface area contributed by atoms with Crippen LogP contribution < -0.4 is 4.74 Å². The van der Waals surface area contributed by atoms with E-state index in [2.05, 4.69) is 24.9 Å². The molecule has 0 N–H and O–H groups in total. The van der Waals surface area contributed by atoms with E-state index in [9.17, 15) is 4.39 Å². The van der Waals surface area contributed by atoms with Gasteiger partial charge in [-0.15, -0.1) is 4.80 Å². The highest BCUT2D eigenvalue weighted by molar-refractivity contribution is 5.27. The largest absolute Gasteiger partial charge is 0.479 e. The Morgan fingerprint density at radius 3 is 2.64 bits per heavy atom. The van der Waals surface area contributed by atoms with Gasteiger partial charge in [-0.2, -0.15) is 19.6 Å². The fraction of sp³-hybridized carbons (Fsp3) is 0.143. The molecule has 2 aromatic rings. The van der Waals surface area contributed by atoms with Gasteiger partial charge >= 0.3 is 0 Å². The van der Waals surface area contributed by atoms with Crippen LogP contribution in [0.25, 0.3) is 5.82 Å². The Morgan fingerprint density at radius 2 is 2.00 bits per heavy atom. The molecule has 2 heterocycles. The molecule has 0 radical (unpaired) electrons. The van der Waals surface area contributed by atoms with Crippen molar-refractivity contribution in [2.24, 2.45) is 0 Å². The molecular weight excluding hydrogens is 189 g/mol. The maximum atomic E-state index is 13.5. The summed E-state index contributed by atoms with van der Waals surface area (Å²) in [6.45, 7) is 0. The molecule has 6 nitrogen and oxygen atoms in total. The van der Waals surface area contributed by atoms with Crippen LogP contribution in [0.2, 0.25) is 0 Å². The maximum Gasteiger partial charge on any atom is 0.255 e. The number of hydrogen-bond donors (Lipinski definition) is 0. The van der Waals surface area contributed by atoms with Crippen LogP contribution in [0.4, 0.5) is 4.39 Å². The van der Waals surface area contributed by atoms with Gasteiger partial charge in [0.05, 0.1) is 19.5 Å². The van der Waals surface area contributed by atoms with Gasteiger partial charge in [-0.05, 0) is 0 Å². The topological polar surface area (TPSA) is 65.7 Å². The lowest BCUT2D eigenvalue weighted by Crippen LogP contribution is -2.07. The SMILES string of the molecule is COc1ncnc(-n2nccn2)c1F. The summed E-state index contributed by atoms with van der Waals surface area (Å²) in [7, 11) is 1.33. The van der Waals surface area contributed by atoms with Crippen LogP contribution in [-0.2, 0) is 0 Å². The lowest BCUT2D eigenvalue weighted by atomic mass is 10.5. The highest BCUT2D eigenvalue weighted by Crippen LogP contribution is 2.16. The first-order valence-electron chi connectivity index (χ1n) is 3.74. The molecule has 2 rings (SSSR count). The number of aromatic nitrogens is 5. The van der Waals surface area contributed by atoms with Crippen molar-refractivity contribution in [1.82, 2.24) is 25.0 Å². The van der Waals surface area contributed by atoms with E-state index >= 15 is 0 Å². The minimum Gasteiger partial charge on any atom is -0.479 e. The van der Waals surface area contributed by atoms with Crippen LogP contribution in [0.15, 0.2) is 18.7 Å². The fourth-order valence-corrected chi connectivity index (χ4v) is 0.952. The summed E-state index contributed by atoms with van der Waals surface area (Å²) in [5.74, 6) is -0.861. The number of nitrogens with zero attached hydrogens (tertiary/aromatic N) is 5. The Hall–Kier alpha value is -2.05. The minimum absolute atomic E-state index is 0.0400. The van der Waals surface area contributed by atoms with Gasteiger partial charge in [0.2, 0.25) is 11.6 Å². The molecule has 0 aliphatic rings. The third kappa shape index (κ3) is 1.28. The number of methoxy groups -OCH3 is 1. The van der Waals surface area contributed by atoms with Gasteiger partial charge in [-0.3, -0.25) is 0 Å². The highest BCUT2D eigenvalue weighted by atomic mass is 19.1. The zero-order valence-corrected chi connectivity index (χ0v) is 7.25. The summed E-state index contributed by atoms with van der Waals surface area (Å²) in [6, 6.07) is 0. The summed E-state index contributed by atoms with van der Waals surface area (Å²) in [4.78, 5) is 8.35. The van der Waals surface area contributed by atoms with E-state index in [0.29, 0.717) is 0 Å². The van der Waals surface area contributed by atoms with Gasteiger partial charge in [0.1, 0.15) is 6.33 Å². The molecule has 0 saturated carbocycles. The summed E-state index contributed by atoms with van der Waals surface area (Å²) >= 11 is 0.